The second kappa shape index (κ2) is 3.21. The van der Waals surface area contributed by atoms with E-state index in [2.05, 4.69) is 0 Å². The summed E-state index contributed by atoms with van der Waals surface area (Å²) < 4.78 is 5.02. The van der Waals surface area contributed by atoms with E-state index in [1.165, 1.54) is 0 Å². The van der Waals surface area contributed by atoms with Crippen LogP contribution in [-0.2, 0) is 9.53 Å². The summed E-state index contributed by atoms with van der Waals surface area (Å²) in [6.07, 6.45) is 0.987. The zero-order chi connectivity index (χ0) is 9.26. The van der Waals surface area contributed by atoms with E-state index in [9.17, 15) is 4.79 Å². The summed E-state index contributed by atoms with van der Waals surface area (Å²) in [5.74, 6) is -0.107. The summed E-state index contributed by atoms with van der Waals surface area (Å²) in [5.41, 5.74) is 1.07. The Bertz CT molecular complexity index is 305. The summed E-state index contributed by atoms with van der Waals surface area (Å²) in [5, 5.41) is 0. The van der Waals surface area contributed by atoms with Gasteiger partial charge in [0, 0.05) is 0 Å². The van der Waals surface area contributed by atoms with Crippen LogP contribution in [-0.4, -0.2) is 12.1 Å². The van der Waals surface area contributed by atoms with Crippen LogP contribution in [0.5, 0.6) is 0 Å². The largest absolute Gasteiger partial charge is 0.461 e. The molecule has 1 aromatic carbocycles. The smallest absolute Gasteiger partial charge is 0.317 e. The van der Waals surface area contributed by atoms with Gasteiger partial charge < -0.3 is 4.74 Å². The van der Waals surface area contributed by atoms with Crippen molar-refractivity contribution < 1.29 is 9.53 Å². The van der Waals surface area contributed by atoms with Gasteiger partial charge in [-0.05, 0) is 12.0 Å². The highest BCUT2D eigenvalue weighted by Gasteiger charge is 2.41. The lowest BCUT2D eigenvalue weighted by Gasteiger charge is -2.34. The van der Waals surface area contributed by atoms with Gasteiger partial charge in [-0.3, -0.25) is 4.79 Å². The average Bonchev–Trinajstić information content (AvgIpc) is 2.15. The van der Waals surface area contributed by atoms with Gasteiger partial charge in [0.05, 0.1) is 0 Å². The molecule has 13 heavy (non-hydrogen) atoms. The molecule has 2 unspecified atom stereocenters. The molecule has 0 N–H and O–H groups in total. The van der Waals surface area contributed by atoms with E-state index in [4.69, 9.17) is 4.74 Å². The van der Waals surface area contributed by atoms with E-state index in [0.29, 0.717) is 0 Å². The maximum Gasteiger partial charge on any atom is 0.317 e. The first-order valence-corrected chi connectivity index (χ1v) is 4.58. The Hall–Kier alpha value is -1.31. The maximum atomic E-state index is 11.2. The van der Waals surface area contributed by atoms with Gasteiger partial charge >= 0.3 is 5.97 Å². The van der Waals surface area contributed by atoms with Gasteiger partial charge in [0.1, 0.15) is 12.0 Å². The molecule has 1 fully saturated rings. The van der Waals surface area contributed by atoms with Crippen LogP contribution in [0, 0.1) is 0 Å². The minimum absolute atomic E-state index is 0.0220. The van der Waals surface area contributed by atoms with Crippen LogP contribution in [0.2, 0.25) is 0 Å². The van der Waals surface area contributed by atoms with Gasteiger partial charge in [-0.15, -0.1) is 0 Å². The van der Waals surface area contributed by atoms with Gasteiger partial charge in [0.15, 0.2) is 0 Å². The highest BCUT2D eigenvalue weighted by Crippen LogP contribution is 2.34. The number of carbonyl (C=O) groups is 1. The van der Waals surface area contributed by atoms with Crippen molar-refractivity contribution in [1.29, 1.82) is 0 Å². The molecule has 0 amide bonds. The van der Waals surface area contributed by atoms with Crippen molar-refractivity contribution in [2.45, 2.75) is 25.4 Å². The van der Waals surface area contributed by atoms with Crippen LogP contribution >= 0.6 is 0 Å². The van der Waals surface area contributed by atoms with E-state index in [-0.39, 0.29) is 18.0 Å². The van der Waals surface area contributed by atoms with Crippen molar-refractivity contribution >= 4 is 5.97 Å². The highest BCUT2D eigenvalue weighted by atomic mass is 16.6. The van der Waals surface area contributed by atoms with Crippen molar-refractivity contribution in [2.24, 2.45) is 0 Å². The van der Waals surface area contributed by atoms with Crippen LogP contribution in [0.1, 0.15) is 24.8 Å². The third-order valence-corrected chi connectivity index (χ3v) is 2.45. The summed E-state index contributed by atoms with van der Waals surface area (Å²) in [7, 11) is 0. The molecule has 1 aliphatic rings. The quantitative estimate of drug-likeness (QED) is 0.645. The first-order valence-electron chi connectivity index (χ1n) is 4.58. The summed E-state index contributed by atoms with van der Waals surface area (Å²) in [4.78, 5) is 11.2. The van der Waals surface area contributed by atoms with Crippen molar-refractivity contribution in [1.82, 2.24) is 0 Å². The molecule has 1 aliphatic heterocycles. The minimum atomic E-state index is -0.0851. The van der Waals surface area contributed by atoms with Crippen molar-refractivity contribution in [2.75, 3.05) is 0 Å². The van der Waals surface area contributed by atoms with Gasteiger partial charge in [0.25, 0.3) is 0 Å². The van der Waals surface area contributed by atoms with Crippen molar-refractivity contribution in [3.63, 3.8) is 0 Å². The fraction of sp³-hybridized carbons (Fsp3) is 0.364. The predicted molar refractivity (Wildman–Crippen MR) is 49.4 cm³/mol. The number of cyclic esters (lactones) is 1. The van der Waals surface area contributed by atoms with Crippen molar-refractivity contribution in [3.8, 4) is 0 Å². The number of rotatable bonds is 2. The number of carbonyl (C=O) groups excluding carboxylic acids is 1. The van der Waals surface area contributed by atoms with E-state index < -0.39 is 0 Å². The molecule has 1 heterocycles. The molecule has 2 rings (SSSR count). The summed E-state index contributed by atoms with van der Waals surface area (Å²) >= 11 is 0. The number of hydrogen-bond acceptors (Lipinski definition) is 2. The van der Waals surface area contributed by atoms with Gasteiger partial charge in [-0.25, -0.2) is 0 Å². The molecule has 68 valence electrons. The Labute approximate surface area is 77.5 Å². The molecule has 2 nitrogen and oxygen atoms in total. The zero-order valence-electron chi connectivity index (χ0n) is 7.57. The van der Waals surface area contributed by atoms with E-state index in [1.54, 1.807) is 0 Å². The molecule has 0 aromatic heterocycles. The minimum Gasteiger partial charge on any atom is -0.461 e. The standard InChI is InChI=1S/C11H12O2/c1-2-9-10(11(12)13-9)8-6-4-3-5-7-8/h3-7,9-10H,2H2,1H3. The SMILES string of the molecule is CCC1OC(=O)C1c1ccccc1. The highest BCUT2D eigenvalue weighted by molar-refractivity contribution is 5.84. The molecule has 0 aliphatic carbocycles. The molecule has 0 radical (unpaired) electrons. The average molecular weight is 176 g/mol. The van der Waals surface area contributed by atoms with Gasteiger partial charge in [-0.1, -0.05) is 37.3 Å². The molecular formula is C11H12O2. The molecule has 2 atom stereocenters. The van der Waals surface area contributed by atoms with Crippen LogP contribution in [0.4, 0.5) is 0 Å². The lowest BCUT2D eigenvalue weighted by atomic mass is 9.88. The third-order valence-electron chi connectivity index (χ3n) is 2.45. The Morgan fingerprint density at radius 3 is 2.54 bits per heavy atom. The number of esters is 1. The van der Waals surface area contributed by atoms with E-state index in [0.717, 1.165) is 12.0 Å². The molecule has 0 bridgehead atoms. The Morgan fingerprint density at radius 1 is 1.31 bits per heavy atom. The van der Waals surface area contributed by atoms with E-state index in [1.807, 2.05) is 37.3 Å². The fourth-order valence-corrected chi connectivity index (χ4v) is 1.70. The lowest BCUT2D eigenvalue weighted by Crippen LogP contribution is -2.42. The zero-order valence-corrected chi connectivity index (χ0v) is 7.57. The topological polar surface area (TPSA) is 26.3 Å². The molecule has 1 aromatic rings. The number of hydrogen-bond donors (Lipinski definition) is 0. The van der Waals surface area contributed by atoms with Crippen LogP contribution < -0.4 is 0 Å². The molecular weight excluding hydrogens is 164 g/mol. The fourth-order valence-electron chi connectivity index (χ4n) is 1.70. The maximum absolute atomic E-state index is 11.2. The predicted octanol–water partition coefficient (Wildman–Crippen LogP) is 2.11. The Kier molecular flexibility index (Phi) is 2.05. The second-order valence-electron chi connectivity index (χ2n) is 3.27. The second-order valence-corrected chi connectivity index (χ2v) is 3.27. The third kappa shape index (κ3) is 1.32. The number of ether oxygens (including phenoxy) is 1. The first-order chi connectivity index (χ1) is 6.33. The van der Waals surface area contributed by atoms with E-state index >= 15 is 0 Å². The van der Waals surface area contributed by atoms with Crippen LogP contribution in [0.25, 0.3) is 0 Å². The Balaban J connectivity index is 2.21. The normalized spacial score (nSPS) is 26.4. The summed E-state index contributed by atoms with van der Waals surface area (Å²) in [6, 6.07) is 9.82. The van der Waals surface area contributed by atoms with Crippen LogP contribution in [0.15, 0.2) is 30.3 Å². The molecule has 1 saturated heterocycles. The number of benzene rings is 1. The Morgan fingerprint density at radius 2 is 2.00 bits per heavy atom. The van der Waals surface area contributed by atoms with Crippen LogP contribution in [0.3, 0.4) is 0 Å². The molecule has 2 heteroatoms. The monoisotopic (exact) mass is 176 g/mol. The lowest BCUT2D eigenvalue weighted by molar-refractivity contribution is -0.175. The van der Waals surface area contributed by atoms with Gasteiger partial charge in [-0.2, -0.15) is 0 Å². The van der Waals surface area contributed by atoms with Gasteiger partial charge in [0.2, 0.25) is 0 Å². The molecule has 0 saturated carbocycles. The van der Waals surface area contributed by atoms with Crippen molar-refractivity contribution in [3.05, 3.63) is 35.9 Å². The first kappa shape index (κ1) is 8.30. The summed E-state index contributed by atoms with van der Waals surface area (Å²) in [6.45, 7) is 2.03. The molecule has 0 spiro atoms.